The summed E-state index contributed by atoms with van der Waals surface area (Å²) < 4.78 is 5.06. The van der Waals surface area contributed by atoms with Gasteiger partial charge in [-0.15, -0.1) is 0 Å². The predicted octanol–water partition coefficient (Wildman–Crippen LogP) is 2.38. The molecule has 1 heterocycles. The molecule has 29 heavy (non-hydrogen) atoms. The van der Waals surface area contributed by atoms with Crippen LogP contribution in [0.25, 0.3) is 5.76 Å². The zero-order valence-corrected chi connectivity index (χ0v) is 16.6. The Labute approximate surface area is 169 Å². The first-order valence-corrected chi connectivity index (χ1v) is 9.20. The van der Waals surface area contributed by atoms with Crippen molar-refractivity contribution in [2.75, 3.05) is 34.3 Å². The molecule has 7 heteroatoms. The molecule has 0 radical (unpaired) electrons. The molecule has 1 amide bonds. The number of aliphatic hydroxyl groups is 1. The number of nitrogens with zero attached hydrogens (tertiary/aromatic N) is 2. The summed E-state index contributed by atoms with van der Waals surface area (Å²) in [6.07, 6.45) is 0. The predicted molar refractivity (Wildman–Crippen MR) is 109 cm³/mol. The van der Waals surface area contributed by atoms with Gasteiger partial charge in [0.2, 0.25) is 0 Å². The minimum absolute atomic E-state index is 0.0413. The van der Waals surface area contributed by atoms with Crippen LogP contribution in [0.15, 0.2) is 54.1 Å². The average Bonchev–Trinajstić information content (AvgIpc) is 2.97. The number of ketones is 1. The van der Waals surface area contributed by atoms with Crippen LogP contribution < -0.4 is 4.74 Å². The number of likely N-dealkylation sites (N-methyl/N-ethyl adjacent to an activating group) is 1. The van der Waals surface area contributed by atoms with Gasteiger partial charge in [0.05, 0.1) is 24.3 Å². The maximum atomic E-state index is 12.9. The molecule has 1 fully saturated rings. The molecule has 0 bridgehead atoms. The first-order valence-electron chi connectivity index (χ1n) is 9.20. The SMILES string of the molecule is COc1ccc(C(O)=C2C(=O)C(=O)N(CCN(C)C)C2c2ccccc2)c(O)c1. The molecule has 1 aliphatic heterocycles. The first-order chi connectivity index (χ1) is 13.8. The number of aliphatic hydroxyl groups excluding tert-OH is 1. The number of ether oxygens (including phenoxy) is 1. The minimum Gasteiger partial charge on any atom is -0.507 e. The third-order valence-electron chi connectivity index (χ3n) is 4.90. The van der Waals surface area contributed by atoms with E-state index in [0.29, 0.717) is 24.4 Å². The Morgan fingerprint density at radius 2 is 1.83 bits per heavy atom. The molecule has 152 valence electrons. The average molecular weight is 396 g/mol. The summed E-state index contributed by atoms with van der Waals surface area (Å²) in [7, 11) is 5.22. The number of phenolic OH excluding ortho intramolecular Hbond substituents is 1. The normalized spacial score (nSPS) is 18.5. The van der Waals surface area contributed by atoms with Crippen LogP contribution in [-0.2, 0) is 9.59 Å². The highest BCUT2D eigenvalue weighted by molar-refractivity contribution is 6.46. The van der Waals surface area contributed by atoms with E-state index in [9.17, 15) is 19.8 Å². The molecule has 1 unspecified atom stereocenters. The maximum absolute atomic E-state index is 12.9. The fraction of sp³-hybridized carbons (Fsp3) is 0.273. The van der Waals surface area contributed by atoms with Crippen molar-refractivity contribution in [2.45, 2.75) is 6.04 Å². The summed E-state index contributed by atoms with van der Waals surface area (Å²) in [4.78, 5) is 29.0. The highest BCUT2D eigenvalue weighted by atomic mass is 16.5. The summed E-state index contributed by atoms with van der Waals surface area (Å²) in [5.74, 6) is -1.69. The van der Waals surface area contributed by atoms with E-state index < -0.39 is 23.5 Å². The second-order valence-corrected chi connectivity index (χ2v) is 7.09. The van der Waals surface area contributed by atoms with Crippen LogP contribution in [0.4, 0.5) is 0 Å². The van der Waals surface area contributed by atoms with Crippen molar-refractivity contribution in [3.05, 3.63) is 65.2 Å². The van der Waals surface area contributed by atoms with E-state index in [-0.39, 0.29) is 16.9 Å². The molecule has 2 N–H and O–H groups in total. The van der Waals surface area contributed by atoms with Gasteiger partial charge in [-0.25, -0.2) is 0 Å². The van der Waals surface area contributed by atoms with E-state index in [2.05, 4.69) is 0 Å². The molecule has 2 aromatic rings. The van der Waals surface area contributed by atoms with Gasteiger partial charge >= 0.3 is 0 Å². The van der Waals surface area contributed by atoms with Gasteiger partial charge in [0.1, 0.15) is 17.3 Å². The topological polar surface area (TPSA) is 90.3 Å². The van der Waals surface area contributed by atoms with Gasteiger partial charge in [0.15, 0.2) is 0 Å². The molecule has 0 saturated carbocycles. The Bertz CT molecular complexity index is 953. The van der Waals surface area contributed by atoms with Crippen LogP contribution in [0, 0.1) is 0 Å². The van der Waals surface area contributed by atoms with Gasteiger partial charge in [0, 0.05) is 19.2 Å². The van der Waals surface area contributed by atoms with E-state index >= 15 is 0 Å². The lowest BCUT2D eigenvalue weighted by Gasteiger charge is -2.26. The van der Waals surface area contributed by atoms with Crippen LogP contribution in [0.2, 0.25) is 0 Å². The van der Waals surface area contributed by atoms with Crippen molar-refractivity contribution < 1.29 is 24.5 Å². The summed E-state index contributed by atoms with van der Waals surface area (Å²) >= 11 is 0. The zero-order chi connectivity index (χ0) is 21.1. The Balaban J connectivity index is 2.15. The largest absolute Gasteiger partial charge is 0.507 e. The van der Waals surface area contributed by atoms with Crippen LogP contribution in [0.1, 0.15) is 17.2 Å². The maximum Gasteiger partial charge on any atom is 0.295 e. The lowest BCUT2D eigenvalue weighted by Crippen LogP contribution is -2.35. The van der Waals surface area contributed by atoms with E-state index in [1.165, 1.54) is 24.1 Å². The highest BCUT2D eigenvalue weighted by Gasteiger charge is 2.46. The Morgan fingerprint density at radius 3 is 2.41 bits per heavy atom. The number of methoxy groups -OCH3 is 1. The molecule has 1 aliphatic rings. The number of rotatable bonds is 6. The Morgan fingerprint density at radius 1 is 1.14 bits per heavy atom. The lowest BCUT2D eigenvalue weighted by molar-refractivity contribution is -0.140. The Hall–Kier alpha value is -3.32. The summed E-state index contributed by atoms with van der Waals surface area (Å²) in [5.41, 5.74) is 0.734. The number of amides is 1. The first kappa shape index (κ1) is 20.4. The van der Waals surface area contributed by atoms with Gasteiger partial charge in [-0.05, 0) is 31.8 Å². The van der Waals surface area contributed by atoms with Crippen molar-refractivity contribution >= 4 is 17.4 Å². The quantitative estimate of drug-likeness (QED) is 0.443. The number of benzene rings is 2. The second kappa shape index (κ2) is 8.36. The third kappa shape index (κ3) is 3.95. The molecule has 3 rings (SSSR count). The van der Waals surface area contributed by atoms with E-state index in [0.717, 1.165) is 0 Å². The van der Waals surface area contributed by atoms with Crippen molar-refractivity contribution in [3.63, 3.8) is 0 Å². The number of hydrogen-bond acceptors (Lipinski definition) is 6. The molecular weight excluding hydrogens is 372 g/mol. The van der Waals surface area contributed by atoms with Crippen LogP contribution in [0.3, 0.4) is 0 Å². The zero-order valence-electron chi connectivity index (χ0n) is 16.6. The van der Waals surface area contributed by atoms with Crippen molar-refractivity contribution in [3.8, 4) is 11.5 Å². The number of aromatic hydroxyl groups is 1. The van der Waals surface area contributed by atoms with Gasteiger partial charge in [0.25, 0.3) is 11.7 Å². The monoisotopic (exact) mass is 396 g/mol. The van der Waals surface area contributed by atoms with Crippen LogP contribution in [-0.4, -0.2) is 66.0 Å². The molecule has 0 aliphatic carbocycles. The Kier molecular flexibility index (Phi) is 5.89. The van der Waals surface area contributed by atoms with Crippen LogP contribution in [0.5, 0.6) is 11.5 Å². The molecule has 7 nitrogen and oxygen atoms in total. The molecule has 0 spiro atoms. The fourth-order valence-electron chi connectivity index (χ4n) is 3.38. The molecule has 2 aromatic carbocycles. The molecule has 1 saturated heterocycles. The van der Waals surface area contributed by atoms with Gasteiger partial charge in [-0.3, -0.25) is 9.59 Å². The molecule has 1 atom stereocenters. The van der Waals surface area contributed by atoms with Gasteiger partial charge in [-0.1, -0.05) is 30.3 Å². The van der Waals surface area contributed by atoms with Crippen molar-refractivity contribution in [1.29, 1.82) is 0 Å². The summed E-state index contributed by atoms with van der Waals surface area (Å²) in [6.45, 7) is 0.882. The standard InChI is InChI=1S/C22H24N2O5/c1-23(2)11-12-24-19(14-7-5-4-6-8-14)18(21(27)22(24)28)20(26)16-10-9-15(29-3)13-17(16)25/h4-10,13,19,25-26H,11-12H2,1-3H3. The fourth-order valence-corrected chi connectivity index (χ4v) is 3.38. The number of Topliss-reactive ketones (excluding diaryl/α,β-unsaturated/α-hetero) is 1. The van der Waals surface area contributed by atoms with Gasteiger partial charge < -0.3 is 24.7 Å². The van der Waals surface area contributed by atoms with Gasteiger partial charge in [-0.2, -0.15) is 0 Å². The van der Waals surface area contributed by atoms with E-state index in [1.807, 2.05) is 37.2 Å². The van der Waals surface area contributed by atoms with Crippen LogP contribution >= 0.6 is 0 Å². The molecular formula is C22H24N2O5. The number of likely N-dealkylation sites (tertiary alicyclic amines) is 1. The molecule has 0 aromatic heterocycles. The van der Waals surface area contributed by atoms with E-state index in [1.54, 1.807) is 18.2 Å². The van der Waals surface area contributed by atoms with Crippen molar-refractivity contribution in [2.24, 2.45) is 0 Å². The minimum atomic E-state index is -0.773. The van der Waals surface area contributed by atoms with Crippen molar-refractivity contribution in [1.82, 2.24) is 9.80 Å². The summed E-state index contributed by atoms with van der Waals surface area (Å²) in [5, 5.41) is 21.3. The number of hydrogen-bond donors (Lipinski definition) is 2. The highest BCUT2D eigenvalue weighted by Crippen LogP contribution is 2.41. The summed E-state index contributed by atoms with van der Waals surface area (Å²) in [6, 6.07) is 12.7. The second-order valence-electron chi connectivity index (χ2n) is 7.09. The number of phenols is 1. The smallest absolute Gasteiger partial charge is 0.295 e. The lowest BCUT2D eigenvalue weighted by atomic mass is 9.95. The number of carbonyl (C=O) groups is 2. The number of carbonyl (C=O) groups excluding carboxylic acids is 2. The third-order valence-corrected chi connectivity index (χ3v) is 4.90. The van der Waals surface area contributed by atoms with E-state index in [4.69, 9.17) is 4.74 Å².